The summed E-state index contributed by atoms with van der Waals surface area (Å²) < 4.78 is 32.6. The van der Waals surface area contributed by atoms with Gasteiger partial charge < -0.3 is 33.5 Å². The first kappa shape index (κ1) is 25.1. The molecule has 11 heteroatoms. The molecule has 32 heavy (non-hydrogen) atoms. The molecule has 11 nitrogen and oxygen atoms in total. The fourth-order valence-corrected chi connectivity index (χ4v) is 3.09. The summed E-state index contributed by atoms with van der Waals surface area (Å²) in [5, 5.41) is 9.20. The average Bonchev–Trinajstić information content (AvgIpc) is 2.70. The van der Waals surface area contributed by atoms with E-state index in [9.17, 15) is 24.3 Å². The molecular formula is C21H26O11. The summed E-state index contributed by atoms with van der Waals surface area (Å²) >= 11 is 0. The summed E-state index contributed by atoms with van der Waals surface area (Å²) in [6.45, 7) is 4.09. The average molecular weight is 454 g/mol. The molecule has 0 aliphatic carbocycles. The van der Waals surface area contributed by atoms with Crippen molar-refractivity contribution in [2.45, 2.75) is 65.0 Å². The molecule has 1 aromatic rings. The first-order valence-corrected chi connectivity index (χ1v) is 9.77. The molecule has 2 rings (SSSR count). The summed E-state index contributed by atoms with van der Waals surface area (Å²) in [6.07, 6.45) is -6.28. The van der Waals surface area contributed by atoms with Gasteiger partial charge in [0.25, 0.3) is 0 Å². The van der Waals surface area contributed by atoms with E-state index in [1.165, 1.54) is 6.92 Å². The summed E-state index contributed by atoms with van der Waals surface area (Å²) in [4.78, 5) is 46.6. The third-order valence-electron chi connectivity index (χ3n) is 4.31. The molecule has 0 amide bonds. The van der Waals surface area contributed by atoms with E-state index in [0.29, 0.717) is 11.3 Å². The predicted octanol–water partition coefficient (Wildman–Crippen LogP) is 0.641. The maximum absolute atomic E-state index is 11.8. The van der Waals surface area contributed by atoms with Crippen molar-refractivity contribution < 1.29 is 52.7 Å². The van der Waals surface area contributed by atoms with Crippen molar-refractivity contribution in [3.63, 3.8) is 0 Å². The van der Waals surface area contributed by atoms with E-state index in [1.54, 1.807) is 24.3 Å². The van der Waals surface area contributed by atoms with E-state index in [0.717, 1.165) is 20.8 Å². The molecule has 5 unspecified atom stereocenters. The third-order valence-corrected chi connectivity index (χ3v) is 4.31. The van der Waals surface area contributed by atoms with Gasteiger partial charge in [-0.15, -0.1) is 0 Å². The van der Waals surface area contributed by atoms with Gasteiger partial charge in [-0.05, 0) is 17.7 Å². The Labute approximate surface area is 184 Å². The van der Waals surface area contributed by atoms with Gasteiger partial charge in [-0.3, -0.25) is 19.2 Å². The van der Waals surface area contributed by atoms with Crippen LogP contribution in [0.2, 0.25) is 0 Å². The van der Waals surface area contributed by atoms with Gasteiger partial charge in [-0.2, -0.15) is 0 Å². The molecule has 0 saturated carbocycles. The highest BCUT2D eigenvalue weighted by atomic mass is 16.7. The van der Waals surface area contributed by atoms with Crippen LogP contribution in [0.5, 0.6) is 5.75 Å². The first-order chi connectivity index (χ1) is 15.1. The number of aliphatic hydroxyl groups is 1. The highest BCUT2D eigenvalue weighted by Gasteiger charge is 2.53. The number of carbonyl (C=O) groups excluding carboxylic acids is 4. The van der Waals surface area contributed by atoms with Crippen molar-refractivity contribution in [2.24, 2.45) is 0 Å². The van der Waals surface area contributed by atoms with E-state index < -0.39 is 54.6 Å². The summed E-state index contributed by atoms with van der Waals surface area (Å²) in [6, 6.07) is 6.33. The monoisotopic (exact) mass is 454 g/mol. The van der Waals surface area contributed by atoms with E-state index in [1.807, 2.05) is 0 Å². The van der Waals surface area contributed by atoms with E-state index in [-0.39, 0.29) is 13.2 Å². The highest BCUT2D eigenvalue weighted by molar-refractivity contribution is 5.68. The Morgan fingerprint density at radius 2 is 1.34 bits per heavy atom. The summed E-state index contributed by atoms with van der Waals surface area (Å²) in [7, 11) is 0. The normalized spacial score (nSPS) is 24.7. The molecule has 0 spiro atoms. The number of ether oxygens (including phenoxy) is 6. The Morgan fingerprint density at radius 3 is 1.84 bits per heavy atom. The van der Waals surface area contributed by atoms with Gasteiger partial charge in [-0.1, -0.05) is 12.1 Å². The van der Waals surface area contributed by atoms with Crippen molar-refractivity contribution in [1.29, 1.82) is 0 Å². The topological polar surface area (TPSA) is 144 Å². The van der Waals surface area contributed by atoms with Gasteiger partial charge in [0, 0.05) is 27.7 Å². The van der Waals surface area contributed by atoms with Crippen molar-refractivity contribution in [3.8, 4) is 5.75 Å². The number of hydrogen-bond acceptors (Lipinski definition) is 11. The van der Waals surface area contributed by atoms with Crippen LogP contribution in [0.25, 0.3) is 0 Å². The Balaban J connectivity index is 2.42. The van der Waals surface area contributed by atoms with Crippen molar-refractivity contribution in [1.82, 2.24) is 0 Å². The summed E-state index contributed by atoms with van der Waals surface area (Å²) in [5.41, 5.74) is 0.638. The van der Waals surface area contributed by atoms with Gasteiger partial charge in [-0.25, -0.2) is 0 Å². The Kier molecular flexibility index (Phi) is 8.97. The van der Waals surface area contributed by atoms with E-state index in [2.05, 4.69) is 0 Å². The lowest BCUT2D eigenvalue weighted by atomic mass is 9.98. The zero-order chi connectivity index (χ0) is 23.8. The molecule has 1 fully saturated rings. The molecule has 0 aromatic heterocycles. The van der Waals surface area contributed by atoms with E-state index in [4.69, 9.17) is 28.4 Å². The first-order valence-electron chi connectivity index (χ1n) is 9.77. The van der Waals surface area contributed by atoms with Crippen molar-refractivity contribution in [3.05, 3.63) is 29.8 Å². The van der Waals surface area contributed by atoms with Gasteiger partial charge >= 0.3 is 23.9 Å². The van der Waals surface area contributed by atoms with Crippen LogP contribution in [-0.4, -0.2) is 66.3 Å². The number of carbonyl (C=O) groups is 4. The number of esters is 4. The zero-order valence-electron chi connectivity index (χ0n) is 18.1. The lowest BCUT2D eigenvalue weighted by Gasteiger charge is -2.43. The minimum Gasteiger partial charge on any atom is -0.463 e. The molecule has 5 atom stereocenters. The number of benzene rings is 1. The molecule has 1 N–H and O–H groups in total. The molecule has 1 aromatic carbocycles. The van der Waals surface area contributed by atoms with E-state index >= 15 is 0 Å². The van der Waals surface area contributed by atoms with Crippen molar-refractivity contribution >= 4 is 23.9 Å². The molecule has 1 heterocycles. The Morgan fingerprint density at radius 1 is 0.812 bits per heavy atom. The minimum atomic E-state index is -1.31. The maximum atomic E-state index is 11.8. The Bertz CT molecular complexity index is 820. The molecule has 1 saturated heterocycles. The van der Waals surface area contributed by atoms with Gasteiger partial charge in [0.2, 0.25) is 12.4 Å². The second-order valence-electron chi connectivity index (χ2n) is 6.99. The third kappa shape index (κ3) is 7.20. The standard InChI is InChI=1S/C21H26O11/c1-11(23)27-10-17-18(28-12(2)24)19(29-13(3)25)20(30-14(4)26)21(32-17)31-16-7-5-15(9-22)6-8-16/h5-8,17-22H,9-10H2,1-4H3. The molecule has 0 bridgehead atoms. The second-order valence-corrected chi connectivity index (χ2v) is 6.99. The SMILES string of the molecule is CC(=O)OCC1OC(Oc2ccc(CO)cc2)C(OC(C)=O)C(OC(C)=O)C1OC(C)=O. The van der Waals surface area contributed by atoms with Crippen LogP contribution in [0.4, 0.5) is 0 Å². The number of hydrogen-bond donors (Lipinski definition) is 1. The number of rotatable bonds is 8. The highest BCUT2D eigenvalue weighted by Crippen LogP contribution is 2.31. The maximum Gasteiger partial charge on any atom is 0.303 e. The van der Waals surface area contributed by atoms with Crippen LogP contribution in [0.3, 0.4) is 0 Å². The molecule has 0 radical (unpaired) electrons. The van der Waals surface area contributed by atoms with Crippen LogP contribution in [-0.2, 0) is 49.5 Å². The Hall–Kier alpha value is -3.18. The van der Waals surface area contributed by atoms with Crippen molar-refractivity contribution in [2.75, 3.05) is 6.61 Å². The minimum absolute atomic E-state index is 0.167. The predicted molar refractivity (Wildman–Crippen MR) is 105 cm³/mol. The fourth-order valence-electron chi connectivity index (χ4n) is 3.09. The van der Waals surface area contributed by atoms with Crippen LogP contribution >= 0.6 is 0 Å². The van der Waals surface area contributed by atoms with Gasteiger partial charge in [0.05, 0.1) is 6.61 Å². The largest absolute Gasteiger partial charge is 0.463 e. The molecule has 1 aliphatic heterocycles. The molecular weight excluding hydrogens is 428 g/mol. The quantitative estimate of drug-likeness (QED) is 0.436. The molecule has 176 valence electrons. The lowest BCUT2D eigenvalue weighted by Crippen LogP contribution is -2.63. The summed E-state index contributed by atoms with van der Waals surface area (Å²) in [5.74, 6) is -2.49. The molecule has 1 aliphatic rings. The second kappa shape index (κ2) is 11.4. The zero-order valence-corrected chi connectivity index (χ0v) is 18.1. The van der Waals surface area contributed by atoms with Crippen LogP contribution in [0.1, 0.15) is 33.3 Å². The van der Waals surface area contributed by atoms with Crippen LogP contribution in [0.15, 0.2) is 24.3 Å². The fraction of sp³-hybridized carbons (Fsp3) is 0.524. The van der Waals surface area contributed by atoms with Gasteiger partial charge in [0.1, 0.15) is 18.5 Å². The lowest BCUT2D eigenvalue weighted by molar-refractivity contribution is -0.288. The van der Waals surface area contributed by atoms with Crippen LogP contribution < -0.4 is 4.74 Å². The smallest absolute Gasteiger partial charge is 0.303 e. The van der Waals surface area contributed by atoms with Crippen LogP contribution in [0, 0.1) is 0 Å². The number of aliphatic hydroxyl groups excluding tert-OH is 1. The van der Waals surface area contributed by atoms with Gasteiger partial charge in [0.15, 0.2) is 12.2 Å².